The number of carbonyl (C=O) groups is 1. The maximum absolute atomic E-state index is 11.7. The highest BCUT2D eigenvalue weighted by Crippen LogP contribution is 2.06. The van der Waals surface area contributed by atoms with Crippen LogP contribution in [0, 0.1) is 0 Å². The van der Waals surface area contributed by atoms with E-state index in [2.05, 4.69) is 20.3 Å². The molecule has 0 aliphatic rings. The molecule has 0 saturated carbocycles. The van der Waals surface area contributed by atoms with Crippen molar-refractivity contribution in [1.82, 2.24) is 10.2 Å². The molecule has 1 aromatic rings. The lowest BCUT2D eigenvalue weighted by molar-refractivity contribution is -0.117. The molecule has 0 spiro atoms. The highest BCUT2D eigenvalue weighted by atomic mass is 19.3. The van der Waals surface area contributed by atoms with Gasteiger partial charge in [-0.15, -0.1) is 0 Å². The van der Waals surface area contributed by atoms with Gasteiger partial charge in [-0.2, -0.15) is 5.10 Å². The first-order chi connectivity index (χ1) is 8.11. The summed E-state index contributed by atoms with van der Waals surface area (Å²) in [4.78, 5) is 11.3. The molecule has 0 aliphatic heterocycles. The third-order valence-corrected chi connectivity index (χ3v) is 2.00. The Morgan fingerprint density at radius 2 is 2.41 bits per heavy atom. The van der Waals surface area contributed by atoms with Gasteiger partial charge in [-0.1, -0.05) is 6.92 Å². The van der Waals surface area contributed by atoms with Crippen LogP contribution in [0.4, 0.5) is 14.6 Å². The zero-order valence-corrected chi connectivity index (χ0v) is 9.50. The Hall–Kier alpha value is -1.50. The van der Waals surface area contributed by atoms with Crippen molar-refractivity contribution >= 4 is 11.7 Å². The predicted molar refractivity (Wildman–Crippen MR) is 58.0 cm³/mol. The summed E-state index contributed by atoms with van der Waals surface area (Å²) in [7, 11) is 0. The second kappa shape index (κ2) is 6.95. The van der Waals surface area contributed by atoms with Gasteiger partial charge in [0.25, 0.3) is 6.43 Å². The summed E-state index contributed by atoms with van der Waals surface area (Å²) in [5.41, 5.74) is 0.911. The maximum Gasteiger partial charge on any atom is 0.261 e. The number of nitrogens with one attached hydrogen (secondary N) is 2. The minimum atomic E-state index is -2.50. The Bertz CT molecular complexity index is 355. The third kappa shape index (κ3) is 5.39. The van der Waals surface area contributed by atoms with Crippen molar-refractivity contribution in [2.45, 2.75) is 26.2 Å². The quantitative estimate of drug-likeness (QED) is 0.719. The molecule has 2 N–H and O–H groups in total. The van der Waals surface area contributed by atoms with Gasteiger partial charge in [0, 0.05) is 11.8 Å². The average Bonchev–Trinajstić information content (AvgIpc) is 2.72. The number of hydrogen-bond donors (Lipinski definition) is 2. The number of anilines is 1. The van der Waals surface area contributed by atoms with E-state index >= 15 is 0 Å². The average molecular weight is 247 g/mol. The first-order valence-electron chi connectivity index (χ1n) is 5.31. The molecule has 0 fully saturated rings. The van der Waals surface area contributed by atoms with Crippen molar-refractivity contribution in [3.05, 3.63) is 11.8 Å². The fraction of sp³-hybridized carbons (Fsp3) is 0.600. The summed E-state index contributed by atoms with van der Waals surface area (Å²) in [5, 5.41) is 9.15. The number of ether oxygens (including phenoxy) is 1. The van der Waals surface area contributed by atoms with Crippen molar-refractivity contribution in [3.8, 4) is 0 Å². The summed E-state index contributed by atoms with van der Waals surface area (Å²) in [5.74, 6) is 0.120. The number of nitrogens with zero attached hydrogens (tertiary/aromatic N) is 1. The van der Waals surface area contributed by atoms with Gasteiger partial charge in [0.05, 0.1) is 13.0 Å². The van der Waals surface area contributed by atoms with Gasteiger partial charge in [0.2, 0.25) is 5.91 Å². The maximum atomic E-state index is 11.7. The van der Waals surface area contributed by atoms with E-state index in [4.69, 9.17) is 0 Å². The number of alkyl halides is 2. The van der Waals surface area contributed by atoms with E-state index in [1.807, 2.05) is 6.92 Å². The normalized spacial score (nSPS) is 10.8. The molecular weight excluding hydrogens is 232 g/mol. The van der Waals surface area contributed by atoms with Gasteiger partial charge >= 0.3 is 0 Å². The van der Waals surface area contributed by atoms with Crippen LogP contribution in [0.5, 0.6) is 0 Å². The topological polar surface area (TPSA) is 67.0 Å². The van der Waals surface area contributed by atoms with E-state index in [0.717, 1.165) is 12.1 Å². The molecule has 0 radical (unpaired) electrons. The fourth-order valence-electron chi connectivity index (χ4n) is 1.15. The molecule has 0 bridgehead atoms. The summed E-state index contributed by atoms with van der Waals surface area (Å²) < 4.78 is 28.0. The smallest absolute Gasteiger partial charge is 0.261 e. The number of aryl methyl sites for hydroxylation is 1. The zero-order chi connectivity index (χ0) is 12.7. The van der Waals surface area contributed by atoms with Crippen molar-refractivity contribution in [3.63, 3.8) is 0 Å². The number of amides is 1. The summed E-state index contributed by atoms with van der Waals surface area (Å²) >= 11 is 0. The highest BCUT2D eigenvalue weighted by molar-refractivity contribution is 5.89. The largest absolute Gasteiger partial charge is 0.375 e. The SMILES string of the molecule is CCc1cc(NC(=O)CCOCC(F)F)n[nH]1. The molecule has 0 aromatic carbocycles. The first kappa shape index (κ1) is 13.6. The molecule has 5 nitrogen and oxygen atoms in total. The summed E-state index contributed by atoms with van der Waals surface area (Å²) in [6.07, 6.45) is -1.68. The minimum Gasteiger partial charge on any atom is -0.375 e. The molecule has 17 heavy (non-hydrogen) atoms. The Labute approximate surface area is 97.5 Å². The standard InChI is InChI=1S/C10H15F2N3O2/c1-2-7-5-9(15-14-7)13-10(16)3-4-17-6-8(11)12/h5,8H,2-4,6H2,1H3,(H2,13,14,15,16). The number of hydrogen-bond acceptors (Lipinski definition) is 3. The van der Waals surface area contributed by atoms with Gasteiger partial charge in [-0.25, -0.2) is 8.78 Å². The Morgan fingerprint density at radius 3 is 3.00 bits per heavy atom. The number of rotatable bonds is 7. The van der Waals surface area contributed by atoms with Crippen LogP contribution in [0.15, 0.2) is 6.07 Å². The number of halogens is 2. The fourth-order valence-corrected chi connectivity index (χ4v) is 1.15. The molecule has 7 heteroatoms. The van der Waals surface area contributed by atoms with Gasteiger partial charge in [-0.3, -0.25) is 9.89 Å². The zero-order valence-electron chi connectivity index (χ0n) is 9.50. The number of aromatic amines is 1. The molecule has 96 valence electrons. The molecule has 1 aromatic heterocycles. The Balaban J connectivity index is 2.20. The molecular formula is C10H15F2N3O2. The Kier molecular flexibility index (Phi) is 5.55. The van der Waals surface area contributed by atoms with Gasteiger partial charge in [0.15, 0.2) is 5.82 Å². The highest BCUT2D eigenvalue weighted by Gasteiger charge is 2.07. The van der Waals surface area contributed by atoms with E-state index in [1.165, 1.54) is 0 Å². The third-order valence-electron chi connectivity index (χ3n) is 2.00. The first-order valence-corrected chi connectivity index (χ1v) is 5.31. The van der Waals surface area contributed by atoms with Gasteiger partial charge in [0.1, 0.15) is 6.61 Å². The van der Waals surface area contributed by atoms with E-state index < -0.39 is 13.0 Å². The van der Waals surface area contributed by atoms with E-state index in [1.54, 1.807) is 6.07 Å². The van der Waals surface area contributed by atoms with Crippen LogP contribution in [0.1, 0.15) is 19.0 Å². The van der Waals surface area contributed by atoms with E-state index in [-0.39, 0.29) is 18.9 Å². The number of carbonyl (C=O) groups excluding carboxylic acids is 1. The molecule has 1 amide bonds. The summed E-state index contributed by atoms with van der Waals surface area (Å²) in [6.45, 7) is 1.29. The Morgan fingerprint density at radius 1 is 1.65 bits per heavy atom. The van der Waals surface area contributed by atoms with Crippen LogP contribution in [-0.4, -0.2) is 35.7 Å². The van der Waals surface area contributed by atoms with Crippen molar-refractivity contribution in [2.75, 3.05) is 18.5 Å². The number of aromatic nitrogens is 2. The number of H-pyrrole nitrogens is 1. The van der Waals surface area contributed by atoms with E-state index in [9.17, 15) is 13.6 Å². The lowest BCUT2D eigenvalue weighted by atomic mass is 10.3. The van der Waals surface area contributed by atoms with Crippen LogP contribution in [0.2, 0.25) is 0 Å². The van der Waals surface area contributed by atoms with Crippen LogP contribution in [0.25, 0.3) is 0 Å². The van der Waals surface area contributed by atoms with Crippen molar-refractivity contribution in [1.29, 1.82) is 0 Å². The molecule has 1 rings (SSSR count). The second-order valence-electron chi connectivity index (χ2n) is 3.40. The predicted octanol–water partition coefficient (Wildman–Crippen LogP) is 1.58. The molecule has 0 saturated heterocycles. The molecule has 1 heterocycles. The molecule has 0 aliphatic carbocycles. The van der Waals surface area contributed by atoms with Crippen LogP contribution in [0.3, 0.4) is 0 Å². The van der Waals surface area contributed by atoms with Gasteiger partial charge in [-0.05, 0) is 6.42 Å². The summed E-state index contributed by atoms with van der Waals surface area (Å²) in [6, 6.07) is 1.72. The van der Waals surface area contributed by atoms with Crippen LogP contribution < -0.4 is 5.32 Å². The van der Waals surface area contributed by atoms with Gasteiger partial charge < -0.3 is 10.1 Å². The van der Waals surface area contributed by atoms with E-state index in [0.29, 0.717) is 5.82 Å². The monoisotopic (exact) mass is 247 g/mol. The molecule has 0 atom stereocenters. The van der Waals surface area contributed by atoms with Crippen molar-refractivity contribution in [2.24, 2.45) is 0 Å². The lowest BCUT2D eigenvalue weighted by Gasteiger charge is -2.03. The minimum absolute atomic E-state index is 0.0266. The van der Waals surface area contributed by atoms with Crippen LogP contribution >= 0.6 is 0 Å². The van der Waals surface area contributed by atoms with Crippen LogP contribution in [-0.2, 0) is 16.0 Å². The molecule has 0 unspecified atom stereocenters. The second-order valence-corrected chi connectivity index (χ2v) is 3.40. The lowest BCUT2D eigenvalue weighted by Crippen LogP contribution is -2.15. The van der Waals surface area contributed by atoms with Crippen molar-refractivity contribution < 1.29 is 18.3 Å².